The summed E-state index contributed by atoms with van der Waals surface area (Å²) in [5.74, 6) is 2.16. The van der Waals surface area contributed by atoms with Crippen LogP contribution in [0.4, 0.5) is 5.69 Å². The molecule has 0 bridgehead atoms. The average molecular weight is 271 g/mol. The van der Waals surface area contributed by atoms with E-state index in [0.717, 1.165) is 30.2 Å². The monoisotopic (exact) mass is 271 g/mol. The summed E-state index contributed by atoms with van der Waals surface area (Å²) in [5, 5.41) is 4.16. The Labute approximate surface area is 119 Å². The molecule has 1 aliphatic carbocycles. The molecule has 2 aromatic rings. The Bertz CT molecular complexity index is 558. The summed E-state index contributed by atoms with van der Waals surface area (Å²) in [6.45, 7) is 0. The molecular weight excluding hydrogens is 250 g/mol. The van der Waals surface area contributed by atoms with E-state index in [1.807, 2.05) is 18.2 Å². The molecule has 0 radical (unpaired) electrons. The summed E-state index contributed by atoms with van der Waals surface area (Å²) in [5.41, 5.74) is 7.79. The lowest BCUT2D eigenvalue weighted by molar-refractivity contribution is 0.358. The number of benzene rings is 1. The number of nitrogen functional groups attached to an aromatic ring is 1. The van der Waals surface area contributed by atoms with Crippen molar-refractivity contribution in [2.75, 3.05) is 5.73 Å². The Hall–Kier alpha value is -1.84. The fourth-order valence-corrected chi connectivity index (χ4v) is 2.90. The molecule has 0 atom stereocenters. The van der Waals surface area contributed by atoms with Gasteiger partial charge in [-0.15, -0.1) is 0 Å². The van der Waals surface area contributed by atoms with Crippen LogP contribution in [0.5, 0.6) is 0 Å². The van der Waals surface area contributed by atoms with Crippen LogP contribution in [0.3, 0.4) is 0 Å². The van der Waals surface area contributed by atoms with Gasteiger partial charge >= 0.3 is 0 Å². The van der Waals surface area contributed by atoms with Gasteiger partial charge in [0.05, 0.1) is 0 Å². The minimum absolute atomic E-state index is 0.508. The van der Waals surface area contributed by atoms with E-state index in [0.29, 0.717) is 5.92 Å². The molecule has 1 fully saturated rings. The summed E-state index contributed by atoms with van der Waals surface area (Å²) >= 11 is 0. The largest absolute Gasteiger partial charge is 0.399 e. The topological polar surface area (TPSA) is 64.9 Å². The lowest BCUT2D eigenvalue weighted by Crippen LogP contribution is -2.06. The third-order valence-electron chi connectivity index (χ3n) is 4.03. The van der Waals surface area contributed by atoms with Gasteiger partial charge in [0.1, 0.15) is 0 Å². The van der Waals surface area contributed by atoms with Crippen LogP contribution in [0.2, 0.25) is 0 Å². The van der Waals surface area contributed by atoms with Crippen molar-refractivity contribution < 1.29 is 4.52 Å². The summed E-state index contributed by atoms with van der Waals surface area (Å²) < 4.78 is 5.38. The van der Waals surface area contributed by atoms with E-state index < -0.39 is 0 Å². The van der Waals surface area contributed by atoms with E-state index in [-0.39, 0.29) is 0 Å². The fourth-order valence-electron chi connectivity index (χ4n) is 2.90. The molecule has 20 heavy (non-hydrogen) atoms. The van der Waals surface area contributed by atoms with Gasteiger partial charge in [-0.05, 0) is 37.0 Å². The number of anilines is 1. The first-order valence-corrected chi connectivity index (χ1v) is 7.48. The highest BCUT2D eigenvalue weighted by atomic mass is 16.5. The number of aryl methyl sites for hydroxylation is 2. The highest BCUT2D eigenvalue weighted by Gasteiger charge is 2.20. The molecule has 1 aliphatic rings. The van der Waals surface area contributed by atoms with Crippen molar-refractivity contribution in [3.8, 4) is 0 Å². The normalized spacial score (nSPS) is 16.4. The molecule has 1 heterocycles. The quantitative estimate of drug-likeness (QED) is 0.864. The maximum atomic E-state index is 5.78. The molecule has 1 aromatic heterocycles. The summed E-state index contributed by atoms with van der Waals surface area (Å²) in [6.07, 6.45) is 8.00. The molecule has 4 heteroatoms. The predicted octanol–water partition coefficient (Wildman–Crippen LogP) is 3.48. The number of nitrogens with zero attached hydrogens (tertiary/aromatic N) is 2. The molecule has 1 saturated carbocycles. The van der Waals surface area contributed by atoms with E-state index >= 15 is 0 Å². The number of aromatic nitrogens is 2. The van der Waals surface area contributed by atoms with Gasteiger partial charge in [0.15, 0.2) is 5.82 Å². The van der Waals surface area contributed by atoms with Gasteiger partial charge in [-0.3, -0.25) is 0 Å². The SMILES string of the molecule is Nc1cccc(CCc2nc(C3CCCCC3)no2)c1. The van der Waals surface area contributed by atoms with Crippen LogP contribution in [0.1, 0.15) is 55.3 Å². The van der Waals surface area contributed by atoms with Crippen LogP contribution < -0.4 is 5.73 Å². The van der Waals surface area contributed by atoms with Crippen molar-refractivity contribution in [3.63, 3.8) is 0 Å². The van der Waals surface area contributed by atoms with E-state index in [9.17, 15) is 0 Å². The number of hydrogen-bond acceptors (Lipinski definition) is 4. The van der Waals surface area contributed by atoms with Gasteiger partial charge in [-0.25, -0.2) is 0 Å². The molecule has 0 spiro atoms. The van der Waals surface area contributed by atoms with Gasteiger partial charge in [0.25, 0.3) is 0 Å². The third-order valence-corrected chi connectivity index (χ3v) is 4.03. The van der Waals surface area contributed by atoms with Crippen LogP contribution in [0, 0.1) is 0 Å². The predicted molar refractivity (Wildman–Crippen MR) is 78.4 cm³/mol. The average Bonchev–Trinajstić information content (AvgIpc) is 2.95. The standard InChI is InChI=1S/C16H21N3O/c17-14-8-4-5-12(11-14)9-10-15-18-16(19-20-15)13-6-2-1-3-7-13/h4-5,8,11,13H,1-3,6-7,9-10,17H2. The maximum absolute atomic E-state index is 5.78. The van der Waals surface area contributed by atoms with E-state index in [4.69, 9.17) is 10.3 Å². The lowest BCUT2D eigenvalue weighted by atomic mass is 9.89. The minimum atomic E-state index is 0.508. The van der Waals surface area contributed by atoms with Crippen molar-refractivity contribution in [3.05, 3.63) is 41.5 Å². The third kappa shape index (κ3) is 3.18. The van der Waals surface area contributed by atoms with Gasteiger partial charge < -0.3 is 10.3 Å². The van der Waals surface area contributed by atoms with Gasteiger partial charge in [-0.2, -0.15) is 4.98 Å². The molecule has 106 valence electrons. The van der Waals surface area contributed by atoms with Crippen LogP contribution in [-0.2, 0) is 12.8 Å². The Morgan fingerprint density at radius 3 is 2.80 bits per heavy atom. The number of rotatable bonds is 4. The van der Waals surface area contributed by atoms with Crippen LogP contribution >= 0.6 is 0 Å². The first-order chi connectivity index (χ1) is 9.81. The van der Waals surface area contributed by atoms with Crippen molar-refractivity contribution >= 4 is 5.69 Å². The second-order valence-electron chi connectivity index (χ2n) is 5.63. The van der Waals surface area contributed by atoms with Crippen LogP contribution in [0.25, 0.3) is 0 Å². The molecule has 2 N–H and O–H groups in total. The molecule has 1 aromatic carbocycles. The van der Waals surface area contributed by atoms with E-state index in [1.54, 1.807) is 0 Å². The van der Waals surface area contributed by atoms with Crippen molar-refractivity contribution in [1.29, 1.82) is 0 Å². The Balaban J connectivity index is 1.59. The molecule has 0 aliphatic heterocycles. The fraction of sp³-hybridized carbons (Fsp3) is 0.500. The Morgan fingerprint density at radius 2 is 2.00 bits per heavy atom. The van der Waals surface area contributed by atoms with Crippen LogP contribution in [0.15, 0.2) is 28.8 Å². The minimum Gasteiger partial charge on any atom is -0.399 e. The highest BCUT2D eigenvalue weighted by Crippen LogP contribution is 2.30. The van der Waals surface area contributed by atoms with Crippen LogP contribution in [-0.4, -0.2) is 10.1 Å². The van der Waals surface area contributed by atoms with Crippen molar-refractivity contribution in [2.24, 2.45) is 0 Å². The molecule has 0 unspecified atom stereocenters. The molecular formula is C16H21N3O. The molecule has 0 saturated heterocycles. The molecule has 0 amide bonds. The first kappa shape index (κ1) is 13.2. The summed E-state index contributed by atoms with van der Waals surface area (Å²) in [6, 6.07) is 7.95. The van der Waals surface area contributed by atoms with Gasteiger partial charge in [0, 0.05) is 18.0 Å². The van der Waals surface area contributed by atoms with Gasteiger partial charge in [0.2, 0.25) is 5.89 Å². The molecule has 3 rings (SSSR count). The van der Waals surface area contributed by atoms with E-state index in [1.165, 1.54) is 37.7 Å². The summed E-state index contributed by atoms with van der Waals surface area (Å²) in [7, 11) is 0. The Morgan fingerprint density at radius 1 is 1.15 bits per heavy atom. The summed E-state index contributed by atoms with van der Waals surface area (Å²) in [4.78, 5) is 4.56. The zero-order chi connectivity index (χ0) is 13.8. The molecule has 4 nitrogen and oxygen atoms in total. The lowest BCUT2D eigenvalue weighted by Gasteiger charge is -2.17. The zero-order valence-electron chi connectivity index (χ0n) is 11.7. The number of hydrogen-bond donors (Lipinski definition) is 1. The van der Waals surface area contributed by atoms with Crippen molar-refractivity contribution in [1.82, 2.24) is 10.1 Å². The maximum Gasteiger partial charge on any atom is 0.226 e. The second kappa shape index (κ2) is 6.07. The smallest absolute Gasteiger partial charge is 0.226 e. The zero-order valence-corrected chi connectivity index (χ0v) is 11.7. The first-order valence-electron chi connectivity index (χ1n) is 7.48. The van der Waals surface area contributed by atoms with Crippen molar-refractivity contribution in [2.45, 2.75) is 50.9 Å². The van der Waals surface area contributed by atoms with E-state index in [2.05, 4.69) is 16.2 Å². The van der Waals surface area contributed by atoms with Gasteiger partial charge in [-0.1, -0.05) is 36.6 Å². The second-order valence-corrected chi connectivity index (χ2v) is 5.63. The Kier molecular flexibility index (Phi) is 4.00. The highest BCUT2D eigenvalue weighted by molar-refractivity contribution is 5.40. The number of nitrogens with two attached hydrogens (primary N) is 1.